The van der Waals surface area contributed by atoms with E-state index in [9.17, 15) is 0 Å². The van der Waals surface area contributed by atoms with Crippen molar-refractivity contribution in [3.05, 3.63) is 52.4 Å². The predicted octanol–water partition coefficient (Wildman–Crippen LogP) is 4.72. The third kappa shape index (κ3) is 3.40. The van der Waals surface area contributed by atoms with Crippen molar-refractivity contribution in [1.82, 2.24) is 9.97 Å². The van der Waals surface area contributed by atoms with Gasteiger partial charge in [-0.1, -0.05) is 0 Å². The van der Waals surface area contributed by atoms with Gasteiger partial charge in [-0.3, -0.25) is 0 Å². The fraction of sp³-hybridized carbons (Fsp3) is 0.0667. The van der Waals surface area contributed by atoms with Gasteiger partial charge in [-0.05, 0) is 58.4 Å². The highest BCUT2D eigenvalue weighted by molar-refractivity contribution is 9.11. The van der Waals surface area contributed by atoms with E-state index in [0.29, 0.717) is 5.95 Å². The second kappa shape index (κ2) is 6.24. The topological polar surface area (TPSA) is 47.0 Å². The molecule has 0 amide bonds. The summed E-state index contributed by atoms with van der Waals surface area (Å²) in [6, 6.07) is 13.6. The molecule has 0 radical (unpaired) electrons. The molecule has 0 spiro atoms. The SMILES string of the molecule is COc1ccc(Nc2nccc(-c3ccc(Br)s3)n2)cc1. The van der Waals surface area contributed by atoms with Crippen molar-refractivity contribution >= 4 is 38.9 Å². The first-order valence-corrected chi connectivity index (χ1v) is 7.85. The lowest BCUT2D eigenvalue weighted by atomic mass is 10.3. The van der Waals surface area contributed by atoms with Gasteiger partial charge in [0.2, 0.25) is 5.95 Å². The van der Waals surface area contributed by atoms with Crippen molar-refractivity contribution in [2.45, 2.75) is 0 Å². The molecule has 0 aliphatic rings. The van der Waals surface area contributed by atoms with Gasteiger partial charge in [0, 0.05) is 11.9 Å². The fourth-order valence-corrected chi connectivity index (χ4v) is 3.17. The molecule has 4 nitrogen and oxygen atoms in total. The fourth-order valence-electron chi connectivity index (χ4n) is 1.81. The summed E-state index contributed by atoms with van der Waals surface area (Å²) in [7, 11) is 1.65. The number of ether oxygens (including phenoxy) is 1. The van der Waals surface area contributed by atoms with Crippen LogP contribution in [0.3, 0.4) is 0 Å². The van der Waals surface area contributed by atoms with Gasteiger partial charge in [0.05, 0.1) is 21.5 Å². The number of halogens is 1. The van der Waals surface area contributed by atoms with Crippen molar-refractivity contribution in [3.8, 4) is 16.3 Å². The molecule has 0 aliphatic carbocycles. The van der Waals surface area contributed by atoms with E-state index in [-0.39, 0.29) is 0 Å². The average molecular weight is 362 g/mol. The maximum atomic E-state index is 5.14. The Balaban J connectivity index is 1.82. The Morgan fingerprint density at radius 2 is 1.90 bits per heavy atom. The third-order valence-corrected chi connectivity index (χ3v) is 4.47. The van der Waals surface area contributed by atoms with Crippen LogP contribution in [-0.4, -0.2) is 17.1 Å². The van der Waals surface area contributed by atoms with Crippen molar-refractivity contribution in [2.24, 2.45) is 0 Å². The summed E-state index contributed by atoms with van der Waals surface area (Å²) in [5.41, 5.74) is 1.82. The van der Waals surface area contributed by atoms with Crippen LogP contribution in [0.2, 0.25) is 0 Å². The first-order valence-electron chi connectivity index (χ1n) is 6.24. The van der Waals surface area contributed by atoms with Crippen LogP contribution in [0.4, 0.5) is 11.6 Å². The highest BCUT2D eigenvalue weighted by atomic mass is 79.9. The Morgan fingerprint density at radius 1 is 1.10 bits per heavy atom. The average Bonchev–Trinajstić information content (AvgIpc) is 2.95. The molecular formula is C15H12BrN3OS. The molecule has 0 saturated heterocycles. The zero-order valence-electron chi connectivity index (χ0n) is 11.2. The molecule has 0 bridgehead atoms. The molecule has 3 aromatic rings. The van der Waals surface area contributed by atoms with Crippen LogP contribution in [0, 0.1) is 0 Å². The van der Waals surface area contributed by atoms with Crippen LogP contribution in [0.25, 0.3) is 10.6 Å². The number of thiophene rings is 1. The molecule has 21 heavy (non-hydrogen) atoms. The van der Waals surface area contributed by atoms with Gasteiger partial charge in [-0.25, -0.2) is 9.97 Å². The molecule has 0 unspecified atom stereocenters. The number of hydrogen-bond acceptors (Lipinski definition) is 5. The largest absolute Gasteiger partial charge is 0.497 e. The van der Waals surface area contributed by atoms with Crippen LogP contribution in [0.1, 0.15) is 0 Å². The van der Waals surface area contributed by atoms with Gasteiger partial charge in [-0.15, -0.1) is 11.3 Å². The normalized spacial score (nSPS) is 10.4. The van der Waals surface area contributed by atoms with Gasteiger partial charge >= 0.3 is 0 Å². The van der Waals surface area contributed by atoms with Gasteiger partial charge in [0.25, 0.3) is 0 Å². The molecule has 0 saturated carbocycles. The predicted molar refractivity (Wildman–Crippen MR) is 89.3 cm³/mol. The van der Waals surface area contributed by atoms with Gasteiger partial charge in [0.15, 0.2) is 0 Å². The number of aromatic nitrogens is 2. The number of hydrogen-bond donors (Lipinski definition) is 1. The van der Waals surface area contributed by atoms with E-state index < -0.39 is 0 Å². The lowest BCUT2D eigenvalue weighted by molar-refractivity contribution is 0.415. The number of methoxy groups -OCH3 is 1. The summed E-state index contributed by atoms with van der Waals surface area (Å²) >= 11 is 5.11. The number of nitrogens with one attached hydrogen (secondary N) is 1. The van der Waals surface area contributed by atoms with Crippen LogP contribution in [0.5, 0.6) is 5.75 Å². The summed E-state index contributed by atoms with van der Waals surface area (Å²) in [5.74, 6) is 1.39. The number of anilines is 2. The summed E-state index contributed by atoms with van der Waals surface area (Å²) < 4.78 is 6.22. The van der Waals surface area contributed by atoms with Crippen molar-refractivity contribution in [2.75, 3.05) is 12.4 Å². The first kappa shape index (κ1) is 14.0. The molecule has 0 fully saturated rings. The number of benzene rings is 1. The minimum absolute atomic E-state index is 0.571. The zero-order chi connectivity index (χ0) is 14.7. The van der Waals surface area contributed by atoms with Crippen LogP contribution in [0.15, 0.2) is 52.4 Å². The maximum absolute atomic E-state index is 5.14. The van der Waals surface area contributed by atoms with E-state index in [0.717, 1.165) is 25.8 Å². The minimum Gasteiger partial charge on any atom is -0.497 e. The van der Waals surface area contributed by atoms with Crippen LogP contribution < -0.4 is 10.1 Å². The maximum Gasteiger partial charge on any atom is 0.227 e. The second-order valence-corrected chi connectivity index (χ2v) is 6.69. The Morgan fingerprint density at radius 3 is 2.57 bits per heavy atom. The molecule has 3 rings (SSSR count). The lowest BCUT2D eigenvalue weighted by Crippen LogP contribution is -1.97. The van der Waals surface area contributed by atoms with Crippen LogP contribution in [-0.2, 0) is 0 Å². The third-order valence-electron chi connectivity index (χ3n) is 2.83. The minimum atomic E-state index is 0.571. The molecule has 6 heteroatoms. The lowest BCUT2D eigenvalue weighted by Gasteiger charge is -2.06. The number of rotatable bonds is 4. The van der Waals surface area contributed by atoms with E-state index in [1.165, 1.54) is 0 Å². The Labute approximate surface area is 135 Å². The van der Waals surface area contributed by atoms with Gasteiger partial charge < -0.3 is 10.1 Å². The van der Waals surface area contributed by atoms with Gasteiger partial charge in [-0.2, -0.15) is 0 Å². The monoisotopic (exact) mass is 361 g/mol. The van der Waals surface area contributed by atoms with E-state index in [4.69, 9.17) is 4.74 Å². The van der Waals surface area contributed by atoms with E-state index in [2.05, 4.69) is 31.2 Å². The van der Waals surface area contributed by atoms with Crippen molar-refractivity contribution < 1.29 is 4.74 Å². The quantitative estimate of drug-likeness (QED) is 0.730. The van der Waals surface area contributed by atoms with Crippen molar-refractivity contribution in [1.29, 1.82) is 0 Å². The van der Waals surface area contributed by atoms with Crippen molar-refractivity contribution in [3.63, 3.8) is 0 Å². The molecule has 1 aromatic carbocycles. The van der Waals surface area contributed by atoms with E-state index in [1.807, 2.05) is 42.5 Å². The summed E-state index contributed by atoms with van der Waals surface area (Å²) in [6.07, 6.45) is 1.75. The molecule has 2 heterocycles. The molecule has 1 N–H and O–H groups in total. The Hall–Kier alpha value is -1.92. The standard InChI is InChI=1S/C15H12BrN3OS/c1-20-11-4-2-10(3-5-11)18-15-17-9-8-12(19-15)13-6-7-14(16)21-13/h2-9H,1H3,(H,17,18,19). The van der Waals surface area contributed by atoms with Crippen LogP contribution >= 0.6 is 27.3 Å². The Bertz CT molecular complexity index is 743. The summed E-state index contributed by atoms with van der Waals surface area (Å²) in [6.45, 7) is 0. The Kier molecular flexibility index (Phi) is 4.17. The summed E-state index contributed by atoms with van der Waals surface area (Å²) in [4.78, 5) is 9.88. The first-order chi connectivity index (χ1) is 10.2. The molecule has 2 aromatic heterocycles. The molecule has 106 valence electrons. The molecule has 0 atom stereocenters. The smallest absolute Gasteiger partial charge is 0.227 e. The highest BCUT2D eigenvalue weighted by Crippen LogP contribution is 2.30. The number of nitrogens with zero attached hydrogens (tertiary/aromatic N) is 2. The van der Waals surface area contributed by atoms with Gasteiger partial charge in [0.1, 0.15) is 5.75 Å². The molecule has 0 aliphatic heterocycles. The zero-order valence-corrected chi connectivity index (χ0v) is 13.6. The second-order valence-electron chi connectivity index (χ2n) is 4.22. The van der Waals surface area contributed by atoms with E-state index >= 15 is 0 Å². The highest BCUT2D eigenvalue weighted by Gasteiger charge is 2.05. The summed E-state index contributed by atoms with van der Waals surface area (Å²) in [5, 5.41) is 3.19. The van der Waals surface area contributed by atoms with E-state index in [1.54, 1.807) is 24.6 Å². The molecular weight excluding hydrogens is 350 g/mol.